The van der Waals surface area contributed by atoms with Crippen molar-refractivity contribution in [3.63, 3.8) is 0 Å². The molecule has 1 aliphatic heterocycles. The second-order valence-corrected chi connectivity index (χ2v) is 5.44. The van der Waals surface area contributed by atoms with Gasteiger partial charge in [0.25, 0.3) is 0 Å². The summed E-state index contributed by atoms with van der Waals surface area (Å²) in [6, 6.07) is 7.42. The first kappa shape index (κ1) is 14.0. The number of para-hydroxylation sites is 1. The van der Waals surface area contributed by atoms with Crippen LogP contribution < -0.4 is 0 Å². The molecule has 0 spiro atoms. The van der Waals surface area contributed by atoms with E-state index in [1.807, 2.05) is 24.3 Å². The summed E-state index contributed by atoms with van der Waals surface area (Å²) in [5, 5.41) is 23.8. The van der Waals surface area contributed by atoms with E-state index in [1.54, 1.807) is 4.90 Å². The van der Waals surface area contributed by atoms with E-state index in [4.69, 9.17) is 9.63 Å². The van der Waals surface area contributed by atoms with Gasteiger partial charge in [-0.1, -0.05) is 17.3 Å². The van der Waals surface area contributed by atoms with Crippen molar-refractivity contribution in [2.24, 2.45) is 5.92 Å². The summed E-state index contributed by atoms with van der Waals surface area (Å²) < 4.78 is 5.19. The fourth-order valence-corrected chi connectivity index (χ4v) is 2.74. The first-order chi connectivity index (χ1) is 10.2. The highest BCUT2D eigenvalue weighted by Crippen LogP contribution is 2.21. The molecule has 1 saturated heterocycles. The first-order valence-corrected chi connectivity index (χ1v) is 7.09. The van der Waals surface area contributed by atoms with Crippen LogP contribution in [0, 0.1) is 5.92 Å². The van der Waals surface area contributed by atoms with E-state index in [9.17, 15) is 9.90 Å². The Morgan fingerprint density at radius 1 is 1.43 bits per heavy atom. The molecule has 0 unspecified atom stereocenters. The lowest BCUT2D eigenvalue weighted by molar-refractivity contribution is -0.135. The fourth-order valence-electron chi connectivity index (χ4n) is 2.74. The minimum absolute atomic E-state index is 0.0445. The SMILES string of the molecule is O=C(Cc1noc2ccccc12)N1CC[C@H](CO)[C@@H](O)C1. The maximum Gasteiger partial charge on any atom is 0.228 e. The first-order valence-electron chi connectivity index (χ1n) is 7.09. The highest BCUT2D eigenvalue weighted by molar-refractivity contribution is 5.86. The van der Waals surface area contributed by atoms with E-state index >= 15 is 0 Å². The zero-order valence-electron chi connectivity index (χ0n) is 11.6. The number of aromatic nitrogens is 1. The molecular weight excluding hydrogens is 272 g/mol. The molecule has 3 rings (SSSR count). The molecule has 0 radical (unpaired) electrons. The number of aliphatic hydroxyl groups excluding tert-OH is 2. The monoisotopic (exact) mass is 290 g/mol. The number of carbonyl (C=O) groups excluding carboxylic acids is 1. The Morgan fingerprint density at radius 2 is 2.24 bits per heavy atom. The van der Waals surface area contributed by atoms with Crippen molar-refractivity contribution in [3.05, 3.63) is 30.0 Å². The number of hydrogen-bond acceptors (Lipinski definition) is 5. The van der Waals surface area contributed by atoms with Crippen LogP contribution in [0.25, 0.3) is 11.0 Å². The van der Waals surface area contributed by atoms with Crippen molar-refractivity contribution in [1.82, 2.24) is 10.1 Å². The summed E-state index contributed by atoms with van der Waals surface area (Å²) in [4.78, 5) is 13.9. The van der Waals surface area contributed by atoms with Crippen LogP contribution in [0.1, 0.15) is 12.1 Å². The average Bonchev–Trinajstić information content (AvgIpc) is 2.90. The Balaban J connectivity index is 1.69. The molecule has 2 atom stereocenters. The molecule has 1 aromatic heterocycles. The van der Waals surface area contributed by atoms with E-state index in [0.717, 1.165) is 5.39 Å². The number of piperidine rings is 1. The van der Waals surface area contributed by atoms with Crippen LogP contribution >= 0.6 is 0 Å². The highest BCUT2D eigenvalue weighted by atomic mass is 16.5. The third kappa shape index (κ3) is 2.77. The van der Waals surface area contributed by atoms with Crippen molar-refractivity contribution in [1.29, 1.82) is 0 Å². The largest absolute Gasteiger partial charge is 0.396 e. The van der Waals surface area contributed by atoms with Gasteiger partial charge in [0.2, 0.25) is 5.91 Å². The van der Waals surface area contributed by atoms with Gasteiger partial charge in [0.15, 0.2) is 5.58 Å². The summed E-state index contributed by atoms with van der Waals surface area (Å²) in [5.41, 5.74) is 1.29. The number of aliphatic hydroxyl groups is 2. The van der Waals surface area contributed by atoms with Gasteiger partial charge in [0.05, 0.1) is 12.5 Å². The van der Waals surface area contributed by atoms with Crippen LogP contribution in [0.3, 0.4) is 0 Å². The summed E-state index contributed by atoms with van der Waals surface area (Å²) in [6.07, 6.45) is 0.109. The lowest BCUT2D eigenvalue weighted by atomic mass is 9.94. The van der Waals surface area contributed by atoms with E-state index in [1.165, 1.54) is 0 Å². The molecule has 1 aromatic carbocycles. The number of nitrogens with zero attached hydrogens (tertiary/aromatic N) is 2. The predicted molar refractivity (Wildman–Crippen MR) is 75.5 cm³/mol. The van der Waals surface area contributed by atoms with Gasteiger partial charge in [-0.25, -0.2) is 0 Å². The quantitative estimate of drug-likeness (QED) is 0.863. The van der Waals surface area contributed by atoms with Gasteiger partial charge in [-0.3, -0.25) is 4.79 Å². The van der Waals surface area contributed by atoms with Gasteiger partial charge < -0.3 is 19.6 Å². The maximum absolute atomic E-state index is 12.3. The highest BCUT2D eigenvalue weighted by Gasteiger charge is 2.30. The Hall–Kier alpha value is -1.92. The average molecular weight is 290 g/mol. The van der Waals surface area contributed by atoms with E-state index in [2.05, 4.69) is 5.16 Å². The van der Waals surface area contributed by atoms with Gasteiger partial charge >= 0.3 is 0 Å². The number of carbonyl (C=O) groups is 1. The van der Waals surface area contributed by atoms with Gasteiger partial charge in [-0.2, -0.15) is 0 Å². The molecule has 2 heterocycles. The molecule has 21 heavy (non-hydrogen) atoms. The smallest absolute Gasteiger partial charge is 0.228 e. The third-order valence-electron chi connectivity index (χ3n) is 4.08. The molecule has 0 saturated carbocycles. The van der Waals surface area contributed by atoms with Crippen LogP contribution in [0.15, 0.2) is 28.8 Å². The molecule has 2 N–H and O–H groups in total. The fraction of sp³-hybridized carbons (Fsp3) is 0.467. The van der Waals surface area contributed by atoms with Crippen LogP contribution in [-0.2, 0) is 11.2 Å². The van der Waals surface area contributed by atoms with Crippen molar-refractivity contribution in [2.75, 3.05) is 19.7 Å². The second kappa shape index (κ2) is 5.83. The van der Waals surface area contributed by atoms with Crippen LogP contribution in [0.2, 0.25) is 0 Å². The second-order valence-electron chi connectivity index (χ2n) is 5.44. The van der Waals surface area contributed by atoms with E-state index < -0.39 is 6.10 Å². The lowest BCUT2D eigenvalue weighted by Gasteiger charge is -2.35. The maximum atomic E-state index is 12.3. The number of likely N-dealkylation sites (tertiary alicyclic amines) is 1. The number of fused-ring (bicyclic) bond motifs is 1. The van der Waals surface area contributed by atoms with Crippen molar-refractivity contribution in [3.8, 4) is 0 Å². The molecule has 1 amide bonds. The standard InChI is InChI=1S/C15H18N2O4/c18-9-10-5-6-17(8-13(10)19)15(20)7-12-11-3-1-2-4-14(11)21-16-12/h1-4,10,13,18-19H,5-9H2/t10-,13+/m1/s1. The molecule has 2 aromatic rings. The lowest BCUT2D eigenvalue weighted by Crippen LogP contribution is -2.48. The van der Waals surface area contributed by atoms with Gasteiger partial charge in [0, 0.05) is 31.0 Å². The number of amides is 1. The van der Waals surface area contributed by atoms with E-state index in [-0.39, 0.29) is 31.4 Å². The Kier molecular flexibility index (Phi) is 3.90. The minimum Gasteiger partial charge on any atom is -0.396 e. The van der Waals surface area contributed by atoms with Crippen LogP contribution in [0.5, 0.6) is 0 Å². The van der Waals surface area contributed by atoms with Crippen LogP contribution in [-0.4, -0.2) is 52.0 Å². The Labute approximate surface area is 122 Å². The topological polar surface area (TPSA) is 86.8 Å². The third-order valence-corrected chi connectivity index (χ3v) is 4.08. The van der Waals surface area contributed by atoms with Gasteiger partial charge in [-0.15, -0.1) is 0 Å². The molecular formula is C15H18N2O4. The van der Waals surface area contributed by atoms with E-state index in [0.29, 0.717) is 24.2 Å². The number of hydrogen-bond donors (Lipinski definition) is 2. The molecule has 1 fully saturated rings. The van der Waals surface area contributed by atoms with Crippen molar-refractivity contribution < 1.29 is 19.5 Å². The van der Waals surface area contributed by atoms with Crippen molar-refractivity contribution in [2.45, 2.75) is 18.9 Å². The molecule has 6 nitrogen and oxygen atoms in total. The molecule has 0 bridgehead atoms. The van der Waals surface area contributed by atoms with Crippen molar-refractivity contribution >= 4 is 16.9 Å². The zero-order chi connectivity index (χ0) is 14.8. The normalized spacial score (nSPS) is 22.7. The zero-order valence-corrected chi connectivity index (χ0v) is 11.6. The number of β-amino-alcohol motifs (C(OH)–C–C–N with tert-alkyl or cyclic N) is 1. The summed E-state index contributed by atoms with van der Waals surface area (Å²) in [6.45, 7) is 0.772. The molecule has 1 aliphatic rings. The Morgan fingerprint density at radius 3 is 3.00 bits per heavy atom. The summed E-state index contributed by atoms with van der Waals surface area (Å²) in [5.74, 6) is -0.216. The summed E-state index contributed by atoms with van der Waals surface area (Å²) >= 11 is 0. The minimum atomic E-state index is -0.665. The molecule has 6 heteroatoms. The Bertz CT molecular complexity index is 639. The summed E-state index contributed by atoms with van der Waals surface area (Å²) in [7, 11) is 0. The molecule has 112 valence electrons. The van der Waals surface area contributed by atoms with Gasteiger partial charge in [0.1, 0.15) is 5.69 Å². The van der Waals surface area contributed by atoms with Crippen LogP contribution in [0.4, 0.5) is 0 Å². The number of benzene rings is 1. The van der Waals surface area contributed by atoms with Gasteiger partial charge in [-0.05, 0) is 18.6 Å². The number of rotatable bonds is 3. The molecule has 0 aliphatic carbocycles. The predicted octanol–water partition coefficient (Wildman–Crippen LogP) is 0.572.